The van der Waals surface area contributed by atoms with E-state index in [-0.39, 0.29) is 35.4 Å². The highest BCUT2D eigenvalue weighted by Gasteiger charge is 2.12. The summed E-state index contributed by atoms with van der Waals surface area (Å²) in [7, 11) is -3.50. The molecule has 0 radical (unpaired) electrons. The van der Waals surface area contributed by atoms with Crippen LogP contribution in [-0.4, -0.2) is 34.0 Å². The van der Waals surface area contributed by atoms with E-state index >= 15 is 0 Å². The number of aliphatic imine (C=N–C) groups is 1. The number of hydrogen-bond acceptors (Lipinski definition) is 3. The van der Waals surface area contributed by atoms with Crippen LogP contribution in [-0.2, 0) is 16.6 Å². The Morgan fingerprint density at radius 2 is 1.46 bits per heavy atom. The molecule has 0 unspecified atom stereocenters. The molecule has 2 aromatic carbocycles. The van der Waals surface area contributed by atoms with Crippen molar-refractivity contribution >= 4 is 40.0 Å². The molecule has 2 rings (SSSR count). The molecule has 28 heavy (non-hydrogen) atoms. The number of aryl methyl sites for hydroxylation is 2. The Morgan fingerprint density at radius 1 is 0.893 bits per heavy atom. The van der Waals surface area contributed by atoms with E-state index in [0.717, 1.165) is 17.7 Å². The quantitative estimate of drug-likeness (QED) is 0.218. The van der Waals surface area contributed by atoms with E-state index in [9.17, 15) is 8.42 Å². The molecule has 6 nitrogen and oxygen atoms in total. The lowest BCUT2D eigenvalue weighted by Crippen LogP contribution is -2.41. The fourth-order valence-corrected chi connectivity index (χ4v) is 3.40. The van der Waals surface area contributed by atoms with E-state index in [2.05, 4.69) is 51.5 Å². The number of sulfonamides is 1. The third-order valence-corrected chi connectivity index (χ3v) is 5.40. The largest absolute Gasteiger partial charge is 0.357 e. The summed E-state index contributed by atoms with van der Waals surface area (Å²) in [6.07, 6.45) is 0. The maximum absolute atomic E-state index is 12.3. The summed E-state index contributed by atoms with van der Waals surface area (Å²) >= 11 is 0. The van der Waals surface area contributed by atoms with Crippen molar-refractivity contribution in [2.24, 2.45) is 4.99 Å². The van der Waals surface area contributed by atoms with Crippen LogP contribution in [0.2, 0.25) is 0 Å². The van der Waals surface area contributed by atoms with Crippen LogP contribution in [0.25, 0.3) is 0 Å². The molecule has 0 heterocycles. The standard InChI is InChI=1S/C20H28N4O2S.HI/c1-4-21-20(23-15-18-9-5-16(2)6-10-18)22-13-14-24-27(25,26)19-11-7-17(3)8-12-19;/h5-12,24H,4,13-15H2,1-3H3,(H2,21,22,23);1H. The van der Waals surface area contributed by atoms with E-state index in [4.69, 9.17) is 0 Å². The van der Waals surface area contributed by atoms with E-state index in [1.165, 1.54) is 5.56 Å². The fourth-order valence-electron chi connectivity index (χ4n) is 2.37. The van der Waals surface area contributed by atoms with Gasteiger partial charge in [0, 0.05) is 19.6 Å². The Kier molecular flexibility index (Phi) is 10.5. The van der Waals surface area contributed by atoms with Crippen molar-refractivity contribution in [2.45, 2.75) is 32.2 Å². The van der Waals surface area contributed by atoms with E-state index in [1.807, 2.05) is 13.8 Å². The van der Waals surface area contributed by atoms with Gasteiger partial charge in [0.1, 0.15) is 0 Å². The third kappa shape index (κ3) is 8.15. The average Bonchev–Trinajstić information content (AvgIpc) is 2.65. The van der Waals surface area contributed by atoms with E-state index < -0.39 is 10.0 Å². The predicted octanol–water partition coefficient (Wildman–Crippen LogP) is 2.96. The van der Waals surface area contributed by atoms with Crippen LogP contribution in [0.4, 0.5) is 0 Å². The zero-order valence-corrected chi connectivity index (χ0v) is 19.7. The lowest BCUT2D eigenvalue weighted by atomic mass is 10.1. The van der Waals surface area contributed by atoms with Crippen molar-refractivity contribution in [1.82, 2.24) is 15.4 Å². The van der Waals surface area contributed by atoms with Crippen molar-refractivity contribution in [3.05, 3.63) is 65.2 Å². The monoisotopic (exact) mass is 516 g/mol. The highest BCUT2D eigenvalue weighted by Crippen LogP contribution is 2.09. The summed E-state index contributed by atoms with van der Waals surface area (Å²) in [6, 6.07) is 15.0. The smallest absolute Gasteiger partial charge is 0.240 e. The molecule has 0 bridgehead atoms. The third-order valence-electron chi connectivity index (χ3n) is 3.93. The van der Waals surface area contributed by atoms with Gasteiger partial charge < -0.3 is 10.6 Å². The molecule has 0 aliphatic rings. The van der Waals surface area contributed by atoms with Crippen LogP contribution < -0.4 is 15.4 Å². The average molecular weight is 516 g/mol. The number of halogens is 1. The molecular weight excluding hydrogens is 487 g/mol. The molecule has 0 fully saturated rings. The lowest BCUT2D eigenvalue weighted by molar-refractivity contribution is 0.580. The molecule has 154 valence electrons. The van der Waals surface area contributed by atoms with Gasteiger partial charge in [0.15, 0.2) is 5.96 Å². The van der Waals surface area contributed by atoms with Crippen LogP contribution in [0.15, 0.2) is 58.4 Å². The molecule has 0 saturated heterocycles. The van der Waals surface area contributed by atoms with Gasteiger partial charge in [-0.25, -0.2) is 18.1 Å². The second-order valence-corrected chi connectivity index (χ2v) is 8.09. The second-order valence-electron chi connectivity index (χ2n) is 6.32. The summed E-state index contributed by atoms with van der Waals surface area (Å²) in [4.78, 5) is 4.80. The topological polar surface area (TPSA) is 82.6 Å². The van der Waals surface area contributed by atoms with Gasteiger partial charge in [0.2, 0.25) is 10.0 Å². The van der Waals surface area contributed by atoms with E-state index in [1.54, 1.807) is 24.3 Å². The maximum atomic E-state index is 12.3. The molecular formula is C20H29IN4O2S. The van der Waals surface area contributed by atoms with Crippen LogP contribution in [0.3, 0.4) is 0 Å². The first-order valence-electron chi connectivity index (χ1n) is 9.05. The van der Waals surface area contributed by atoms with Crippen LogP contribution in [0.1, 0.15) is 23.6 Å². The summed E-state index contributed by atoms with van der Waals surface area (Å²) in [5.74, 6) is 0.660. The first-order valence-corrected chi connectivity index (χ1v) is 10.5. The lowest BCUT2D eigenvalue weighted by Gasteiger charge is -2.12. The Morgan fingerprint density at radius 3 is 2.04 bits per heavy atom. The Hall–Kier alpha value is -1.65. The number of nitrogens with one attached hydrogen (secondary N) is 3. The van der Waals surface area contributed by atoms with Gasteiger partial charge in [0.25, 0.3) is 0 Å². The van der Waals surface area contributed by atoms with Gasteiger partial charge in [0.05, 0.1) is 11.4 Å². The molecule has 0 aromatic heterocycles. The van der Waals surface area contributed by atoms with Gasteiger partial charge in [-0.3, -0.25) is 0 Å². The Balaban J connectivity index is 0.00000392. The Bertz CT molecular complexity index is 851. The van der Waals surface area contributed by atoms with Gasteiger partial charge in [-0.1, -0.05) is 47.5 Å². The van der Waals surface area contributed by atoms with Crippen LogP contribution in [0, 0.1) is 13.8 Å². The SMILES string of the molecule is CCNC(=NCc1ccc(C)cc1)NCCNS(=O)(=O)c1ccc(C)cc1.I. The predicted molar refractivity (Wildman–Crippen MR) is 126 cm³/mol. The summed E-state index contributed by atoms with van der Waals surface area (Å²) in [5, 5.41) is 6.31. The highest BCUT2D eigenvalue weighted by molar-refractivity contribution is 14.0. The first-order chi connectivity index (χ1) is 12.9. The summed E-state index contributed by atoms with van der Waals surface area (Å²) in [5.41, 5.74) is 3.36. The molecule has 8 heteroatoms. The number of rotatable bonds is 8. The normalized spacial score (nSPS) is 11.6. The van der Waals surface area contributed by atoms with Crippen LogP contribution in [0.5, 0.6) is 0 Å². The summed E-state index contributed by atoms with van der Waals surface area (Å²) in [6.45, 7) is 7.96. The van der Waals surface area contributed by atoms with Crippen molar-refractivity contribution in [3.63, 3.8) is 0 Å². The highest BCUT2D eigenvalue weighted by atomic mass is 127. The second kappa shape index (κ2) is 12.0. The molecule has 0 spiro atoms. The molecule has 2 aromatic rings. The van der Waals surface area contributed by atoms with Gasteiger partial charge in [-0.15, -0.1) is 24.0 Å². The van der Waals surface area contributed by atoms with E-state index in [0.29, 0.717) is 19.0 Å². The van der Waals surface area contributed by atoms with Crippen molar-refractivity contribution in [3.8, 4) is 0 Å². The minimum atomic E-state index is -3.50. The van der Waals surface area contributed by atoms with Crippen LogP contribution >= 0.6 is 24.0 Å². The maximum Gasteiger partial charge on any atom is 0.240 e. The van der Waals surface area contributed by atoms with Gasteiger partial charge >= 0.3 is 0 Å². The zero-order chi connectivity index (χ0) is 19.7. The van der Waals surface area contributed by atoms with Crippen molar-refractivity contribution in [2.75, 3.05) is 19.6 Å². The van der Waals surface area contributed by atoms with Crippen molar-refractivity contribution in [1.29, 1.82) is 0 Å². The minimum absolute atomic E-state index is 0. The number of guanidine groups is 1. The number of nitrogens with zero attached hydrogens (tertiary/aromatic N) is 1. The zero-order valence-electron chi connectivity index (χ0n) is 16.5. The van der Waals surface area contributed by atoms with Gasteiger partial charge in [-0.05, 0) is 38.5 Å². The minimum Gasteiger partial charge on any atom is -0.357 e. The molecule has 3 N–H and O–H groups in total. The number of benzene rings is 2. The first kappa shape index (κ1) is 24.4. The molecule has 0 saturated carbocycles. The molecule has 0 aliphatic heterocycles. The number of hydrogen-bond donors (Lipinski definition) is 3. The van der Waals surface area contributed by atoms with Crippen molar-refractivity contribution < 1.29 is 8.42 Å². The molecule has 0 atom stereocenters. The fraction of sp³-hybridized carbons (Fsp3) is 0.350. The van der Waals surface area contributed by atoms with Gasteiger partial charge in [-0.2, -0.15) is 0 Å². The Labute approximate surface area is 185 Å². The summed E-state index contributed by atoms with van der Waals surface area (Å²) < 4.78 is 27.1. The molecule has 0 amide bonds. The molecule has 0 aliphatic carbocycles.